The molecule has 10 heteroatoms. The minimum atomic E-state index is -2.80. The van der Waals surface area contributed by atoms with E-state index in [1.165, 1.54) is 5.56 Å². The van der Waals surface area contributed by atoms with Gasteiger partial charge in [0.1, 0.15) is 11.9 Å². The number of para-hydroxylation sites is 1. The van der Waals surface area contributed by atoms with Crippen LogP contribution in [-0.2, 0) is 22.4 Å². The number of likely N-dealkylation sites (tertiary alicyclic amines) is 1. The minimum Gasteiger partial charge on any atom is -0.480 e. The van der Waals surface area contributed by atoms with E-state index in [2.05, 4.69) is 21.5 Å². The van der Waals surface area contributed by atoms with E-state index in [4.69, 9.17) is 4.74 Å². The molecule has 6 rings (SSSR count). The Morgan fingerprint density at radius 2 is 2.15 bits per heavy atom. The van der Waals surface area contributed by atoms with E-state index in [9.17, 15) is 9.90 Å². The quantitative estimate of drug-likeness (QED) is 0.354. The van der Waals surface area contributed by atoms with Gasteiger partial charge in [-0.2, -0.15) is 5.10 Å². The van der Waals surface area contributed by atoms with Crippen molar-refractivity contribution < 1.29 is 23.4 Å². The van der Waals surface area contributed by atoms with Crippen molar-refractivity contribution in [3.8, 4) is 0 Å². The number of aromatic nitrogens is 3. The summed E-state index contributed by atoms with van der Waals surface area (Å²) < 4.78 is 37.6. The number of ether oxygens (including phenoxy) is 1. The van der Waals surface area contributed by atoms with Gasteiger partial charge in [-0.3, -0.25) is 14.4 Å². The number of carboxylic acid groups (broad SMARTS) is 1. The van der Waals surface area contributed by atoms with Gasteiger partial charge in [0.15, 0.2) is 0 Å². The number of benzene rings is 1. The molecular weight excluding hydrogens is 516 g/mol. The summed E-state index contributed by atoms with van der Waals surface area (Å²) in [5, 5.41) is 19.0. The SMILES string of the molecule is O=C(O)C(c1cccc2cnn([C@H]3CCOC3)c12)N1CC[C@@H](CC(F)(F)CCCc2ccc3c(n2)NCCC3)C1. The molecule has 0 amide bonds. The molecule has 0 aliphatic carbocycles. The van der Waals surface area contributed by atoms with E-state index in [0.29, 0.717) is 51.1 Å². The molecule has 0 radical (unpaired) electrons. The summed E-state index contributed by atoms with van der Waals surface area (Å²) in [4.78, 5) is 19.1. The van der Waals surface area contributed by atoms with Gasteiger partial charge >= 0.3 is 5.97 Å². The zero-order valence-electron chi connectivity index (χ0n) is 22.7. The third kappa shape index (κ3) is 5.69. The first-order valence-electron chi connectivity index (χ1n) is 14.5. The molecule has 8 nitrogen and oxygen atoms in total. The first-order valence-corrected chi connectivity index (χ1v) is 14.5. The molecule has 3 aromatic rings. The molecule has 3 aliphatic heterocycles. The van der Waals surface area contributed by atoms with Crippen LogP contribution in [0.5, 0.6) is 0 Å². The van der Waals surface area contributed by atoms with Crippen LogP contribution in [0.4, 0.5) is 14.6 Å². The Kier molecular flexibility index (Phi) is 7.72. The number of halogens is 2. The molecule has 3 aliphatic rings. The monoisotopic (exact) mass is 553 g/mol. The van der Waals surface area contributed by atoms with E-state index in [0.717, 1.165) is 48.2 Å². The maximum atomic E-state index is 15.1. The lowest BCUT2D eigenvalue weighted by atomic mass is 9.96. The topological polar surface area (TPSA) is 92.5 Å². The Labute approximate surface area is 232 Å². The molecule has 3 atom stereocenters. The van der Waals surface area contributed by atoms with Gasteiger partial charge in [-0.05, 0) is 62.6 Å². The highest BCUT2D eigenvalue weighted by atomic mass is 19.3. The average Bonchev–Trinajstić information content (AvgIpc) is 3.70. The number of fused-ring (bicyclic) bond motifs is 2. The van der Waals surface area contributed by atoms with Crippen molar-refractivity contribution in [1.82, 2.24) is 19.7 Å². The van der Waals surface area contributed by atoms with Gasteiger partial charge in [0.25, 0.3) is 0 Å². The van der Waals surface area contributed by atoms with Gasteiger partial charge < -0.3 is 15.2 Å². The van der Waals surface area contributed by atoms with Crippen LogP contribution in [-0.4, -0.2) is 69.5 Å². The number of carboxylic acids is 1. The number of aliphatic carboxylic acids is 1. The number of alkyl halides is 2. The maximum Gasteiger partial charge on any atom is 0.325 e. The third-order valence-corrected chi connectivity index (χ3v) is 8.63. The van der Waals surface area contributed by atoms with Crippen LogP contribution in [0.3, 0.4) is 0 Å². The van der Waals surface area contributed by atoms with E-state index in [1.54, 1.807) is 6.20 Å². The normalized spacial score (nSPS) is 22.4. The first kappa shape index (κ1) is 27.1. The second-order valence-electron chi connectivity index (χ2n) is 11.5. The van der Waals surface area contributed by atoms with E-state index in [1.807, 2.05) is 33.8 Å². The molecule has 214 valence electrons. The second kappa shape index (κ2) is 11.4. The van der Waals surface area contributed by atoms with Crippen LogP contribution in [0.15, 0.2) is 36.5 Å². The lowest BCUT2D eigenvalue weighted by Crippen LogP contribution is -2.33. The van der Waals surface area contributed by atoms with E-state index in [-0.39, 0.29) is 24.8 Å². The zero-order chi connectivity index (χ0) is 27.7. The predicted molar refractivity (Wildman–Crippen MR) is 148 cm³/mol. The highest BCUT2D eigenvalue weighted by molar-refractivity contribution is 5.88. The fraction of sp³-hybridized carbons (Fsp3) is 0.567. The van der Waals surface area contributed by atoms with Crippen LogP contribution >= 0.6 is 0 Å². The van der Waals surface area contributed by atoms with Crippen molar-refractivity contribution in [2.45, 2.75) is 69.4 Å². The van der Waals surface area contributed by atoms with Gasteiger partial charge in [-0.25, -0.2) is 13.8 Å². The molecule has 0 saturated carbocycles. The summed E-state index contributed by atoms with van der Waals surface area (Å²) in [7, 11) is 0. The molecule has 0 spiro atoms. The third-order valence-electron chi connectivity index (χ3n) is 8.63. The molecule has 1 aromatic carbocycles. The number of hydrogen-bond donors (Lipinski definition) is 2. The standard InChI is InChI=1S/C30H37F2N5O3/c31-30(32,12-2-6-23-9-8-21-5-3-13-33-28(21)35-23)16-20-10-14-36(18-20)27(29(38)39)25-7-1-4-22-17-34-37(26(22)25)24-11-15-40-19-24/h1,4,7-9,17,20,24,27H,2-3,5-6,10-16,18-19H2,(H,33,35)(H,38,39)/t20-,24-,27?/m0/s1. The lowest BCUT2D eigenvalue weighted by molar-refractivity contribution is -0.143. The number of anilines is 1. The number of pyridine rings is 1. The molecule has 2 saturated heterocycles. The number of hydrogen-bond acceptors (Lipinski definition) is 6. The van der Waals surface area contributed by atoms with E-state index < -0.39 is 17.9 Å². The Morgan fingerprint density at radius 3 is 2.98 bits per heavy atom. The minimum absolute atomic E-state index is 0.0610. The Bertz CT molecular complexity index is 1360. The molecule has 2 fully saturated rings. The van der Waals surface area contributed by atoms with E-state index >= 15 is 8.78 Å². The lowest BCUT2D eigenvalue weighted by Gasteiger charge is -2.27. The van der Waals surface area contributed by atoms with Crippen LogP contribution < -0.4 is 5.32 Å². The zero-order valence-corrected chi connectivity index (χ0v) is 22.7. The Hall–Kier alpha value is -3.11. The predicted octanol–water partition coefficient (Wildman–Crippen LogP) is 5.25. The van der Waals surface area contributed by atoms with Crippen LogP contribution in [0.1, 0.15) is 67.4 Å². The number of nitrogens with zero attached hydrogens (tertiary/aromatic N) is 4. The van der Waals surface area contributed by atoms with Gasteiger partial charge in [0, 0.05) is 49.2 Å². The van der Waals surface area contributed by atoms with Gasteiger partial charge in [-0.15, -0.1) is 0 Å². The van der Waals surface area contributed by atoms with Crippen LogP contribution in [0.25, 0.3) is 10.9 Å². The highest BCUT2D eigenvalue weighted by Crippen LogP contribution is 2.38. The average molecular weight is 554 g/mol. The van der Waals surface area contributed by atoms with Crippen molar-refractivity contribution in [1.29, 1.82) is 0 Å². The number of rotatable bonds is 10. The smallest absolute Gasteiger partial charge is 0.325 e. The van der Waals surface area contributed by atoms with Crippen LogP contribution in [0.2, 0.25) is 0 Å². The van der Waals surface area contributed by atoms with Crippen molar-refractivity contribution in [3.05, 3.63) is 53.3 Å². The molecular formula is C30H37F2N5O3. The van der Waals surface area contributed by atoms with Gasteiger partial charge in [0.2, 0.25) is 5.92 Å². The molecule has 1 unspecified atom stereocenters. The van der Waals surface area contributed by atoms with Crippen molar-refractivity contribution >= 4 is 22.7 Å². The van der Waals surface area contributed by atoms with Gasteiger partial charge in [0.05, 0.1) is 24.4 Å². The second-order valence-corrected chi connectivity index (χ2v) is 11.5. The molecule has 0 bridgehead atoms. The highest BCUT2D eigenvalue weighted by Gasteiger charge is 2.40. The van der Waals surface area contributed by atoms with Crippen LogP contribution in [0, 0.1) is 5.92 Å². The number of nitrogens with one attached hydrogen (secondary N) is 1. The van der Waals surface area contributed by atoms with Gasteiger partial charge in [-0.1, -0.05) is 24.3 Å². The Balaban J connectivity index is 1.09. The summed E-state index contributed by atoms with van der Waals surface area (Å²) in [6, 6.07) is 8.77. The molecule has 2 N–H and O–H groups in total. The molecule has 5 heterocycles. The Morgan fingerprint density at radius 1 is 1.25 bits per heavy atom. The first-order chi connectivity index (χ1) is 19.4. The van der Waals surface area contributed by atoms with Crippen molar-refractivity contribution in [2.24, 2.45) is 5.92 Å². The summed E-state index contributed by atoms with van der Waals surface area (Å²) in [6.07, 6.45) is 5.70. The number of carbonyl (C=O) groups is 1. The van der Waals surface area contributed by atoms with Crippen molar-refractivity contribution in [2.75, 3.05) is 38.2 Å². The largest absolute Gasteiger partial charge is 0.480 e. The summed E-state index contributed by atoms with van der Waals surface area (Å²) in [5.74, 6) is -3.13. The fourth-order valence-corrected chi connectivity index (χ4v) is 6.65. The summed E-state index contributed by atoms with van der Waals surface area (Å²) in [6.45, 7) is 2.90. The molecule has 2 aromatic heterocycles. The summed E-state index contributed by atoms with van der Waals surface area (Å²) in [5.41, 5.74) is 3.50. The van der Waals surface area contributed by atoms with Crippen molar-refractivity contribution in [3.63, 3.8) is 0 Å². The molecule has 40 heavy (non-hydrogen) atoms. The number of aryl methyl sites for hydroxylation is 2. The fourth-order valence-electron chi connectivity index (χ4n) is 6.65. The summed E-state index contributed by atoms with van der Waals surface area (Å²) >= 11 is 0. The maximum absolute atomic E-state index is 15.1.